The molecule has 1 heterocycles. The van der Waals surface area contributed by atoms with Crippen LogP contribution in [-0.4, -0.2) is 15.2 Å². The molecule has 0 bridgehead atoms. The standard InChI is InChI=1S/C14H8BrClN2O2/c15-8-5-6-12(19)10(7-8)14-17-13(18-20-14)9-3-1-2-4-11(9)16/h1-7,19H. The Kier molecular flexibility index (Phi) is 3.46. The lowest BCUT2D eigenvalue weighted by Gasteiger charge is -1.99. The van der Waals surface area contributed by atoms with Crippen molar-refractivity contribution in [1.29, 1.82) is 0 Å². The van der Waals surface area contributed by atoms with Crippen molar-refractivity contribution in [3.63, 3.8) is 0 Å². The van der Waals surface area contributed by atoms with Gasteiger partial charge in [-0.3, -0.25) is 0 Å². The van der Waals surface area contributed by atoms with E-state index in [1.807, 2.05) is 12.1 Å². The van der Waals surface area contributed by atoms with Crippen molar-refractivity contribution in [3.05, 3.63) is 52.0 Å². The van der Waals surface area contributed by atoms with Gasteiger partial charge < -0.3 is 9.63 Å². The van der Waals surface area contributed by atoms with Gasteiger partial charge in [-0.25, -0.2) is 0 Å². The van der Waals surface area contributed by atoms with E-state index in [-0.39, 0.29) is 11.6 Å². The highest BCUT2D eigenvalue weighted by Crippen LogP contribution is 2.33. The Morgan fingerprint density at radius 1 is 1.10 bits per heavy atom. The molecule has 0 aliphatic heterocycles. The van der Waals surface area contributed by atoms with Gasteiger partial charge in [0.05, 0.1) is 10.6 Å². The van der Waals surface area contributed by atoms with Crippen LogP contribution in [0.2, 0.25) is 5.02 Å². The molecular weight excluding hydrogens is 344 g/mol. The summed E-state index contributed by atoms with van der Waals surface area (Å²) in [7, 11) is 0. The number of nitrogens with zero attached hydrogens (tertiary/aromatic N) is 2. The molecule has 3 aromatic rings. The zero-order valence-corrected chi connectivity index (χ0v) is 12.4. The molecule has 0 aliphatic carbocycles. The van der Waals surface area contributed by atoms with Gasteiger partial charge in [0.1, 0.15) is 5.75 Å². The van der Waals surface area contributed by atoms with Crippen molar-refractivity contribution >= 4 is 27.5 Å². The van der Waals surface area contributed by atoms with Crippen LogP contribution in [0.4, 0.5) is 0 Å². The van der Waals surface area contributed by atoms with E-state index >= 15 is 0 Å². The Bertz CT molecular complexity index is 773. The number of phenolic OH excluding ortho intramolecular Hbond substituents is 1. The van der Waals surface area contributed by atoms with Gasteiger partial charge in [-0.2, -0.15) is 4.98 Å². The first kappa shape index (κ1) is 13.1. The highest BCUT2D eigenvalue weighted by molar-refractivity contribution is 9.10. The smallest absolute Gasteiger partial charge is 0.262 e. The van der Waals surface area contributed by atoms with Crippen LogP contribution in [0, 0.1) is 0 Å². The maximum absolute atomic E-state index is 9.85. The van der Waals surface area contributed by atoms with E-state index in [4.69, 9.17) is 16.1 Å². The summed E-state index contributed by atoms with van der Waals surface area (Å²) in [6.07, 6.45) is 0. The normalized spacial score (nSPS) is 10.7. The Hall–Kier alpha value is -1.85. The molecule has 100 valence electrons. The first-order chi connectivity index (χ1) is 9.65. The molecule has 0 aliphatic rings. The van der Waals surface area contributed by atoms with Crippen molar-refractivity contribution in [2.24, 2.45) is 0 Å². The van der Waals surface area contributed by atoms with Gasteiger partial charge in [-0.15, -0.1) is 0 Å². The lowest BCUT2D eigenvalue weighted by Crippen LogP contribution is -1.83. The van der Waals surface area contributed by atoms with E-state index in [0.717, 1.165) is 4.47 Å². The lowest BCUT2D eigenvalue weighted by atomic mass is 10.2. The molecule has 2 aromatic carbocycles. The van der Waals surface area contributed by atoms with Crippen LogP contribution in [0.15, 0.2) is 51.5 Å². The second-order valence-corrected chi connectivity index (χ2v) is 5.39. The molecule has 4 nitrogen and oxygen atoms in total. The quantitative estimate of drug-likeness (QED) is 0.737. The number of hydrogen-bond donors (Lipinski definition) is 1. The van der Waals surface area contributed by atoms with Crippen molar-refractivity contribution in [1.82, 2.24) is 10.1 Å². The molecule has 0 unspecified atom stereocenters. The fraction of sp³-hybridized carbons (Fsp3) is 0. The Labute approximate surface area is 128 Å². The summed E-state index contributed by atoms with van der Waals surface area (Å²) in [4.78, 5) is 4.27. The fourth-order valence-electron chi connectivity index (χ4n) is 1.76. The molecule has 0 fully saturated rings. The van der Waals surface area contributed by atoms with Crippen LogP contribution < -0.4 is 0 Å². The van der Waals surface area contributed by atoms with Crippen LogP contribution in [0.25, 0.3) is 22.8 Å². The average molecular weight is 352 g/mol. The second-order valence-electron chi connectivity index (χ2n) is 4.06. The predicted molar refractivity (Wildman–Crippen MR) is 79.5 cm³/mol. The van der Waals surface area contributed by atoms with Crippen LogP contribution >= 0.6 is 27.5 Å². The minimum absolute atomic E-state index is 0.0718. The molecule has 0 amide bonds. The van der Waals surface area contributed by atoms with E-state index in [1.165, 1.54) is 0 Å². The number of aromatic hydroxyl groups is 1. The number of hydrogen-bond acceptors (Lipinski definition) is 4. The first-order valence-electron chi connectivity index (χ1n) is 5.72. The Balaban J connectivity index is 2.07. The highest BCUT2D eigenvalue weighted by Gasteiger charge is 2.15. The Morgan fingerprint density at radius 3 is 2.70 bits per heavy atom. The third kappa shape index (κ3) is 2.42. The lowest BCUT2D eigenvalue weighted by molar-refractivity contribution is 0.425. The summed E-state index contributed by atoms with van der Waals surface area (Å²) >= 11 is 9.43. The minimum atomic E-state index is 0.0718. The molecular formula is C14H8BrClN2O2. The summed E-state index contributed by atoms with van der Waals surface area (Å²) in [5, 5.41) is 14.3. The SMILES string of the molecule is Oc1ccc(Br)cc1-c1nc(-c2ccccc2Cl)no1. The molecule has 0 spiro atoms. The molecule has 1 aromatic heterocycles. The van der Waals surface area contributed by atoms with E-state index in [0.29, 0.717) is 22.0 Å². The third-order valence-corrected chi connectivity index (χ3v) is 3.55. The fourth-order valence-corrected chi connectivity index (χ4v) is 2.35. The molecule has 0 saturated carbocycles. The van der Waals surface area contributed by atoms with Crippen molar-refractivity contribution < 1.29 is 9.63 Å². The van der Waals surface area contributed by atoms with Gasteiger partial charge in [-0.05, 0) is 30.3 Å². The van der Waals surface area contributed by atoms with Gasteiger partial charge in [0.25, 0.3) is 5.89 Å². The van der Waals surface area contributed by atoms with Gasteiger partial charge in [0.15, 0.2) is 0 Å². The highest BCUT2D eigenvalue weighted by atomic mass is 79.9. The first-order valence-corrected chi connectivity index (χ1v) is 6.90. The van der Waals surface area contributed by atoms with Crippen molar-refractivity contribution in [3.8, 4) is 28.6 Å². The van der Waals surface area contributed by atoms with Gasteiger partial charge in [0, 0.05) is 10.0 Å². The second kappa shape index (κ2) is 5.26. The van der Waals surface area contributed by atoms with Crippen LogP contribution in [-0.2, 0) is 0 Å². The van der Waals surface area contributed by atoms with E-state index in [9.17, 15) is 5.11 Å². The van der Waals surface area contributed by atoms with Gasteiger partial charge in [-0.1, -0.05) is 44.8 Å². The summed E-state index contributed by atoms with van der Waals surface area (Å²) in [6.45, 7) is 0. The Morgan fingerprint density at radius 2 is 1.90 bits per heavy atom. The summed E-state index contributed by atoms with van der Waals surface area (Å²) in [5.74, 6) is 0.686. The minimum Gasteiger partial charge on any atom is -0.507 e. The maximum atomic E-state index is 9.85. The van der Waals surface area contributed by atoms with Crippen LogP contribution in [0.3, 0.4) is 0 Å². The number of rotatable bonds is 2. The van der Waals surface area contributed by atoms with Gasteiger partial charge >= 0.3 is 0 Å². The average Bonchev–Trinajstić information content (AvgIpc) is 2.91. The van der Waals surface area contributed by atoms with Crippen molar-refractivity contribution in [2.75, 3.05) is 0 Å². The monoisotopic (exact) mass is 350 g/mol. The number of phenols is 1. The third-order valence-electron chi connectivity index (χ3n) is 2.73. The number of halogens is 2. The predicted octanol–water partition coefficient (Wildman–Crippen LogP) is 4.53. The molecule has 0 saturated heterocycles. The number of benzene rings is 2. The molecule has 6 heteroatoms. The molecule has 20 heavy (non-hydrogen) atoms. The van der Waals surface area contributed by atoms with Crippen LogP contribution in [0.1, 0.15) is 0 Å². The molecule has 0 radical (unpaired) electrons. The van der Waals surface area contributed by atoms with Crippen molar-refractivity contribution in [2.45, 2.75) is 0 Å². The molecule has 3 rings (SSSR count). The molecule has 1 N–H and O–H groups in total. The summed E-state index contributed by atoms with van der Waals surface area (Å²) in [6, 6.07) is 12.2. The zero-order chi connectivity index (χ0) is 14.1. The topological polar surface area (TPSA) is 59.2 Å². The molecule has 0 atom stereocenters. The van der Waals surface area contributed by atoms with E-state index in [1.54, 1.807) is 30.3 Å². The van der Waals surface area contributed by atoms with Gasteiger partial charge in [0.2, 0.25) is 5.82 Å². The number of aromatic nitrogens is 2. The summed E-state index contributed by atoms with van der Waals surface area (Å²) < 4.78 is 6.00. The maximum Gasteiger partial charge on any atom is 0.262 e. The summed E-state index contributed by atoms with van der Waals surface area (Å²) in [5.41, 5.74) is 1.14. The van der Waals surface area contributed by atoms with E-state index in [2.05, 4.69) is 26.1 Å². The van der Waals surface area contributed by atoms with Crippen LogP contribution in [0.5, 0.6) is 5.75 Å². The zero-order valence-electron chi connectivity index (χ0n) is 10.0. The largest absolute Gasteiger partial charge is 0.507 e. The van der Waals surface area contributed by atoms with E-state index < -0.39 is 0 Å².